The van der Waals surface area contributed by atoms with Crippen molar-refractivity contribution in [3.63, 3.8) is 0 Å². The van der Waals surface area contributed by atoms with Gasteiger partial charge in [-0.05, 0) is 55.3 Å². The molecule has 0 aliphatic heterocycles. The summed E-state index contributed by atoms with van der Waals surface area (Å²) in [5.41, 5.74) is 3.37. The predicted molar refractivity (Wildman–Crippen MR) is 102 cm³/mol. The average Bonchev–Trinajstić information content (AvgIpc) is 2.62. The summed E-state index contributed by atoms with van der Waals surface area (Å²) in [4.78, 5) is 15.8. The molecule has 1 aromatic heterocycles. The Morgan fingerprint density at radius 3 is 2.77 bits per heavy atom. The fourth-order valence-corrected chi connectivity index (χ4v) is 2.87. The number of pyridine rings is 1. The van der Waals surface area contributed by atoms with E-state index < -0.39 is 0 Å². The molecule has 5 heteroatoms. The molecule has 1 heterocycles. The first-order valence-corrected chi connectivity index (χ1v) is 8.73. The second kappa shape index (κ2) is 8.54. The number of rotatable bonds is 7. The fourth-order valence-electron chi connectivity index (χ4n) is 2.87. The summed E-state index contributed by atoms with van der Waals surface area (Å²) in [6.45, 7) is 2.96. The van der Waals surface area contributed by atoms with Crippen LogP contribution in [0.5, 0.6) is 0 Å². The summed E-state index contributed by atoms with van der Waals surface area (Å²) in [7, 11) is 0. The van der Waals surface area contributed by atoms with Crippen molar-refractivity contribution in [2.45, 2.75) is 26.3 Å². The molecule has 0 aliphatic carbocycles. The molecule has 0 atom stereocenters. The smallest absolute Gasteiger partial charge is 0.221 e. The van der Waals surface area contributed by atoms with E-state index >= 15 is 0 Å². The number of fused-ring (bicyclic) bond motifs is 1. The van der Waals surface area contributed by atoms with Crippen LogP contribution in [0.2, 0.25) is 0 Å². The van der Waals surface area contributed by atoms with Crippen molar-refractivity contribution in [2.75, 3.05) is 11.9 Å². The monoisotopic (exact) mass is 351 g/mol. The van der Waals surface area contributed by atoms with Gasteiger partial charge in [-0.2, -0.15) is 0 Å². The van der Waals surface area contributed by atoms with Gasteiger partial charge in [0.2, 0.25) is 5.91 Å². The Labute approximate surface area is 152 Å². The molecular formula is C21H22FN3O. The third-order valence-corrected chi connectivity index (χ3v) is 4.13. The molecule has 2 aromatic carbocycles. The van der Waals surface area contributed by atoms with Gasteiger partial charge in [-0.25, -0.2) is 4.39 Å². The molecule has 2 N–H and O–H groups in total. The molecule has 26 heavy (non-hydrogen) atoms. The standard InChI is InChI=1S/C21H22FN3O/c1-15(26)24-18-10-11-21-17(13-18)8-9-19(25-21)14-23-12-4-6-16-5-2-3-7-20(16)22/h2-3,5,7-11,13,23H,4,6,12,14H2,1H3,(H,24,26). The van der Waals surface area contributed by atoms with Crippen molar-refractivity contribution < 1.29 is 9.18 Å². The molecule has 0 aliphatic rings. The lowest BCUT2D eigenvalue weighted by Crippen LogP contribution is -2.16. The summed E-state index contributed by atoms with van der Waals surface area (Å²) in [6.07, 6.45) is 1.59. The third-order valence-electron chi connectivity index (χ3n) is 4.13. The number of nitrogens with zero attached hydrogens (tertiary/aromatic N) is 1. The number of benzene rings is 2. The molecule has 0 spiro atoms. The van der Waals surface area contributed by atoms with E-state index in [0.717, 1.165) is 47.2 Å². The highest BCUT2D eigenvalue weighted by molar-refractivity contribution is 5.92. The second-order valence-electron chi connectivity index (χ2n) is 6.26. The van der Waals surface area contributed by atoms with Crippen LogP contribution in [-0.2, 0) is 17.8 Å². The minimum absolute atomic E-state index is 0.0893. The summed E-state index contributed by atoms with van der Waals surface area (Å²) >= 11 is 0. The van der Waals surface area contributed by atoms with Gasteiger partial charge in [0.15, 0.2) is 0 Å². The number of halogens is 1. The third kappa shape index (κ3) is 4.86. The van der Waals surface area contributed by atoms with E-state index in [1.165, 1.54) is 13.0 Å². The van der Waals surface area contributed by atoms with Crippen molar-refractivity contribution in [1.29, 1.82) is 0 Å². The molecular weight excluding hydrogens is 329 g/mol. The Hall–Kier alpha value is -2.79. The highest BCUT2D eigenvalue weighted by atomic mass is 19.1. The van der Waals surface area contributed by atoms with Gasteiger partial charge < -0.3 is 10.6 Å². The number of hydrogen-bond donors (Lipinski definition) is 2. The van der Waals surface area contributed by atoms with Crippen molar-refractivity contribution in [3.05, 3.63) is 71.7 Å². The largest absolute Gasteiger partial charge is 0.326 e. The predicted octanol–water partition coefficient (Wildman–Crippen LogP) is 4.05. The van der Waals surface area contributed by atoms with Crippen molar-refractivity contribution >= 4 is 22.5 Å². The van der Waals surface area contributed by atoms with Crippen molar-refractivity contribution in [3.8, 4) is 0 Å². The zero-order valence-corrected chi connectivity index (χ0v) is 14.8. The Morgan fingerprint density at radius 1 is 1.12 bits per heavy atom. The maximum absolute atomic E-state index is 13.6. The van der Waals surface area contributed by atoms with Crippen LogP contribution in [0.25, 0.3) is 10.9 Å². The lowest BCUT2D eigenvalue weighted by atomic mass is 10.1. The fraction of sp³-hybridized carbons (Fsp3) is 0.238. The topological polar surface area (TPSA) is 54.0 Å². The molecule has 4 nitrogen and oxygen atoms in total. The lowest BCUT2D eigenvalue weighted by Gasteiger charge is -2.08. The molecule has 3 aromatic rings. The van der Waals surface area contributed by atoms with Gasteiger partial charge in [0.05, 0.1) is 11.2 Å². The van der Waals surface area contributed by atoms with Crippen LogP contribution >= 0.6 is 0 Å². The van der Waals surface area contributed by atoms with Gasteiger partial charge in [-0.15, -0.1) is 0 Å². The quantitative estimate of drug-likeness (QED) is 0.631. The lowest BCUT2D eigenvalue weighted by molar-refractivity contribution is -0.114. The summed E-state index contributed by atoms with van der Waals surface area (Å²) < 4.78 is 13.6. The Kier molecular flexibility index (Phi) is 5.92. The van der Waals surface area contributed by atoms with Crippen molar-refractivity contribution in [1.82, 2.24) is 10.3 Å². The molecule has 1 amide bonds. The van der Waals surface area contributed by atoms with Crippen LogP contribution in [0, 0.1) is 5.82 Å². The number of nitrogens with one attached hydrogen (secondary N) is 2. The van der Waals surface area contributed by atoms with Crippen molar-refractivity contribution in [2.24, 2.45) is 0 Å². The van der Waals surface area contributed by atoms with E-state index in [0.29, 0.717) is 6.54 Å². The van der Waals surface area contributed by atoms with Gasteiger partial charge in [0.25, 0.3) is 0 Å². The van der Waals surface area contributed by atoms with Gasteiger partial charge in [-0.3, -0.25) is 9.78 Å². The van der Waals surface area contributed by atoms with Crippen LogP contribution in [0.3, 0.4) is 0 Å². The number of amides is 1. The van der Waals surface area contributed by atoms with E-state index in [1.54, 1.807) is 6.07 Å². The van der Waals surface area contributed by atoms with Crippen LogP contribution in [0.4, 0.5) is 10.1 Å². The van der Waals surface area contributed by atoms with E-state index in [2.05, 4.69) is 15.6 Å². The van der Waals surface area contributed by atoms with E-state index in [9.17, 15) is 9.18 Å². The summed E-state index contributed by atoms with van der Waals surface area (Å²) in [5, 5.41) is 7.11. The van der Waals surface area contributed by atoms with E-state index in [4.69, 9.17) is 0 Å². The second-order valence-corrected chi connectivity index (χ2v) is 6.26. The van der Waals surface area contributed by atoms with Gasteiger partial charge in [-0.1, -0.05) is 24.3 Å². The Morgan fingerprint density at radius 2 is 1.96 bits per heavy atom. The minimum atomic E-state index is -0.137. The number of aromatic nitrogens is 1. The first kappa shape index (κ1) is 18.0. The van der Waals surface area contributed by atoms with Gasteiger partial charge >= 0.3 is 0 Å². The van der Waals surface area contributed by atoms with Crippen LogP contribution < -0.4 is 10.6 Å². The first-order chi connectivity index (χ1) is 12.6. The number of anilines is 1. The molecule has 134 valence electrons. The summed E-state index contributed by atoms with van der Waals surface area (Å²) in [6, 6.07) is 16.5. The Bertz CT molecular complexity index is 911. The Balaban J connectivity index is 1.51. The van der Waals surface area contributed by atoms with E-state index in [-0.39, 0.29) is 11.7 Å². The number of aryl methyl sites for hydroxylation is 1. The number of carbonyl (C=O) groups excluding carboxylic acids is 1. The van der Waals surface area contributed by atoms with Gasteiger partial charge in [0, 0.05) is 24.5 Å². The molecule has 0 radical (unpaired) electrons. The zero-order chi connectivity index (χ0) is 18.4. The van der Waals surface area contributed by atoms with Gasteiger partial charge in [0.1, 0.15) is 5.82 Å². The molecule has 0 fully saturated rings. The molecule has 0 saturated heterocycles. The van der Waals surface area contributed by atoms with Crippen LogP contribution in [0.15, 0.2) is 54.6 Å². The zero-order valence-electron chi connectivity index (χ0n) is 14.8. The number of carbonyl (C=O) groups is 1. The first-order valence-electron chi connectivity index (χ1n) is 8.73. The molecule has 0 unspecified atom stereocenters. The summed E-state index contributed by atoms with van der Waals surface area (Å²) in [5.74, 6) is -0.226. The highest BCUT2D eigenvalue weighted by Crippen LogP contribution is 2.18. The normalized spacial score (nSPS) is 10.8. The average molecular weight is 351 g/mol. The maximum Gasteiger partial charge on any atom is 0.221 e. The molecule has 0 saturated carbocycles. The SMILES string of the molecule is CC(=O)Nc1ccc2nc(CNCCCc3ccccc3F)ccc2c1. The number of hydrogen-bond acceptors (Lipinski definition) is 3. The molecule has 0 bridgehead atoms. The minimum Gasteiger partial charge on any atom is -0.326 e. The highest BCUT2D eigenvalue weighted by Gasteiger charge is 2.03. The van der Waals surface area contributed by atoms with Crippen LogP contribution in [-0.4, -0.2) is 17.4 Å². The van der Waals surface area contributed by atoms with Crippen LogP contribution in [0.1, 0.15) is 24.6 Å². The molecule has 3 rings (SSSR count). The van der Waals surface area contributed by atoms with E-state index in [1.807, 2.05) is 42.5 Å². The maximum atomic E-state index is 13.6.